The molecule has 1 aliphatic rings. The van der Waals surface area contributed by atoms with Crippen molar-refractivity contribution in [3.05, 3.63) is 40.3 Å². The molecule has 1 fully saturated rings. The van der Waals surface area contributed by atoms with Crippen LogP contribution in [0.1, 0.15) is 25.3 Å². The van der Waals surface area contributed by atoms with Crippen molar-refractivity contribution in [1.82, 2.24) is 14.8 Å². The number of nitrogens with one attached hydrogen (secondary N) is 2. The van der Waals surface area contributed by atoms with Crippen molar-refractivity contribution in [3.8, 4) is 0 Å². The lowest BCUT2D eigenvalue weighted by atomic mass is 10.2. The lowest BCUT2D eigenvalue weighted by Crippen LogP contribution is -2.27. The van der Waals surface area contributed by atoms with Gasteiger partial charge in [0, 0.05) is 12.3 Å². The minimum absolute atomic E-state index is 0.0331. The van der Waals surface area contributed by atoms with Crippen molar-refractivity contribution in [2.75, 3.05) is 11.9 Å². The molecule has 134 valence electrons. The Morgan fingerprint density at radius 3 is 3.04 bits per heavy atom. The van der Waals surface area contributed by atoms with Crippen LogP contribution in [0.5, 0.6) is 0 Å². The van der Waals surface area contributed by atoms with Crippen LogP contribution in [0.25, 0.3) is 0 Å². The van der Waals surface area contributed by atoms with E-state index in [0.29, 0.717) is 11.7 Å². The number of anilines is 1. The fourth-order valence-electron chi connectivity index (χ4n) is 2.71. The van der Waals surface area contributed by atoms with Crippen molar-refractivity contribution >= 4 is 23.4 Å². The highest BCUT2D eigenvalue weighted by Gasteiger charge is 2.23. The second-order valence-electron chi connectivity index (χ2n) is 6.12. The standard InChI is InChI=1S/C17H22N4O3S/c1-11-6-3-4-8-14(11)18-15(22)12(2)25-17-20-19-16(23)21(17)10-13-7-5-9-24-13/h3-4,6,8,12-13H,5,7,9-10H2,1-2H3,(H,18,22)(H,19,23)/t12-,13-/m1/s1. The summed E-state index contributed by atoms with van der Waals surface area (Å²) in [5.74, 6) is -0.126. The molecule has 0 bridgehead atoms. The second-order valence-corrected chi connectivity index (χ2v) is 7.43. The average molecular weight is 362 g/mol. The number of aromatic amines is 1. The molecule has 1 amide bonds. The Kier molecular flexibility index (Phi) is 5.60. The minimum Gasteiger partial charge on any atom is -0.376 e. The van der Waals surface area contributed by atoms with E-state index in [1.165, 1.54) is 11.8 Å². The summed E-state index contributed by atoms with van der Waals surface area (Å²) in [6, 6.07) is 7.62. The van der Waals surface area contributed by atoms with Crippen LogP contribution in [0, 0.1) is 6.92 Å². The number of rotatable bonds is 6. The third kappa shape index (κ3) is 4.32. The van der Waals surface area contributed by atoms with E-state index in [4.69, 9.17) is 4.74 Å². The summed E-state index contributed by atoms with van der Waals surface area (Å²) in [5.41, 5.74) is 1.52. The number of aryl methyl sites for hydroxylation is 1. The van der Waals surface area contributed by atoms with Crippen LogP contribution in [0.15, 0.2) is 34.2 Å². The molecule has 0 aliphatic carbocycles. The number of aromatic nitrogens is 3. The molecule has 1 saturated heterocycles. The normalized spacial score (nSPS) is 18.2. The molecule has 0 spiro atoms. The summed E-state index contributed by atoms with van der Waals surface area (Å²) < 4.78 is 7.14. The Morgan fingerprint density at radius 1 is 1.52 bits per heavy atom. The van der Waals surface area contributed by atoms with Crippen LogP contribution in [-0.4, -0.2) is 38.6 Å². The van der Waals surface area contributed by atoms with E-state index >= 15 is 0 Å². The molecule has 0 radical (unpaired) electrons. The van der Waals surface area contributed by atoms with Crippen LogP contribution in [-0.2, 0) is 16.1 Å². The maximum atomic E-state index is 12.4. The van der Waals surface area contributed by atoms with E-state index < -0.39 is 5.25 Å². The highest BCUT2D eigenvalue weighted by Crippen LogP contribution is 2.23. The molecule has 1 aliphatic heterocycles. The van der Waals surface area contributed by atoms with Gasteiger partial charge >= 0.3 is 5.69 Å². The molecule has 2 atom stereocenters. The molecule has 3 rings (SSSR count). The van der Waals surface area contributed by atoms with E-state index in [2.05, 4.69) is 15.5 Å². The molecule has 8 heteroatoms. The van der Waals surface area contributed by atoms with Crippen LogP contribution >= 0.6 is 11.8 Å². The van der Waals surface area contributed by atoms with Crippen molar-refractivity contribution in [2.45, 2.75) is 49.7 Å². The van der Waals surface area contributed by atoms with Gasteiger partial charge in [-0.05, 0) is 38.3 Å². The number of amides is 1. The number of hydrogen-bond acceptors (Lipinski definition) is 5. The van der Waals surface area contributed by atoms with E-state index in [9.17, 15) is 9.59 Å². The monoisotopic (exact) mass is 362 g/mol. The molecule has 1 aromatic carbocycles. The second kappa shape index (κ2) is 7.88. The quantitative estimate of drug-likeness (QED) is 0.769. The van der Waals surface area contributed by atoms with E-state index in [1.807, 2.05) is 31.2 Å². The minimum atomic E-state index is -0.391. The maximum Gasteiger partial charge on any atom is 0.344 e. The third-order valence-electron chi connectivity index (χ3n) is 4.19. The topological polar surface area (TPSA) is 89.0 Å². The van der Waals surface area contributed by atoms with Gasteiger partial charge in [0.1, 0.15) is 0 Å². The van der Waals surface area contributed by atoms with E-state index in [0.717, 1.165) is 30.7 Å². The van der Waals surface area contributed by atoms with Crippen LogP contribution in [0.2, 0.25) is 0 Å². The van der Waals surface area contributed by atoms with Crippen molar-refractivity contribution in [2.24, 2.45) is 0 Å². The number of thioether (sulfide) groups is 1. The molecule has 2 heterocycles. The number of nitrogens with zero attached hydrogens (tertiary/aromatic N) is 2. The largest absolute Gasteiger partial charge is 0.376 e. The van der Waals surface area contributed by atoms with Gasteiger partial charge in [-0.1, -0.05) is 30.0 Å². The summed E-state index contributed by atoms with van der Waals surface area (Å²) in [4.78, 5) is 24.4. The number of benzene rings is 1. The van der Waals surface area contributed by atoms with Gasteiger partial charge < -0.3 is 10.1 Å². The molecular weight excluding hydrogens is 340 g/mol. The van der Waals surface area contributed by atoms with Gasteiger partial charge in [0.15, 0.2) is 5.16 Å². The number of carbonyl (C=O) groups excluding carboxylic acids is 1. The molecule has 0 unspecified atom stereocenters. The summed E-state index contributed by atoms with van der Waals surface area (Å²) in [6.45, 7) is 4.94. The molecule has 2 aromatic rings. The maximum absolute atomic E-state index is 12.4. The number of ether oxygens (including phenoxy) is 1. The fraction of sp³-hybridized carbons (Fsp3) is 0.471. The fourth-order valence-corrected chi connectivity index (χ4v) is 3.57. The van der Waals surface area contributed by atoms with Crippen LogP contribution in [0.4, 0.5) is 5.69 Å². The Balaban J connectivity index is 1.66. The molecule has 1 aromatic heterocycles. The first-order valence-corrected chi connectivity index (χ1v) is 9.22. The molecule has 7 nitrogen and oxygen atoms in total. The highest BCUT2D eigenvalue weighted by atomic mass is 32.2. The number of hydrogen-bond donors (Lipinski definition) is 2. The zero-order chi connectivity index (χ0) is 17.8. The van der Waals surface area contributed by atoms with Gasteiger partial charge in [0.05, 0.1) is 17.9 Å². The van der Waals surface area contributed by atoms with E-state index in [1.54, 1.807) is 11.5 Å². The number of para-hydroxylation sites is 1. The Labute approximate surface area is 150 Å². The van der Waals surface area contributed by atoms with Crippen LogP contribution < -0.4 is 11.0 Å². The Morgan fingerprint density at radius 2 is 2.32 bits per heavy atom. The summed E-state index contributed by atoms with van der Waals surface area (Å²) in [5, 5.41) is 9.56. The predicted octanol–water partition coefficient (Wildman–Crippen LogP) is 2.18. The molecule has 0 saturated carbocycles. The SMILES string of the molecule is Cc1ccccc1NC(=O)[C@@H](C)Sc1n[nH]c(=O)n1C[C@H]1CCCO1. The van der Waals surface area contributed by atoms with Crippen molar-refractivity contribution in [1.29, 1.82) is 0 Å². The molecule has 25 heavy (non-hydrogen) atoms. The summed E-state index contributed by atoms with van der Waals surface area (Å²) >= 11 is 1.26. The first kappa shape index (κ1) is 17.8. The lowest BCUT2D eigenvalue weighted by Gasteiger charge is -2.14. The molecular formula is C17H22N4O3S. The van der Waals surface area contributed by atoms with Gasteiger partial charge in [-0.25, -0.2) is 9.89 Å². The zero-order valence-electron chi connectivity index (χ0n) is 14.3. The Bertz CT molecular complexity index is 795. The Hall–Kier alpha value is -2.06. The number of H-pyrrole nitrogens is 1. The van der Waals surface area contributed by atoms with E-state index in [-0.39, 0.29) is 17.7 Å². The van der Waals surface area contributed by atoms with Crippen molar-refractivity contribution in [3.63, 3.8) is 0 Å². The van der Waals surface area contributed by atoms with Crippen molar-refractivity contribution < 1.29 is 9.53 Å². The number of carbonyl (C=O) groups is 1. The predicted molar refractivity (Wildman–Crippen MR) is 96.9 cm³/mol. The van der Waals surface area contributed by atoms with Crippen LogP contribution in [0.3, 0.4) is 0 Å². The highest BCUT2D eigenvalue weighted by molar-refractivity contribution is 8.00. The zero-order valence-corrected chi connectivity index (χ0v) is 15.1. The lowest BCUT2D eigenvalue weighted by molar-refractivity contribution is -0.115. The summed E-state index contributed by atoms with van der Waals surface area (Å²) in [6.07, 6.45) is 1.98. The first-order chi connectivity index (χ1) is 12.0. The van der Waals surface area contributed by atoms with Gasteiger partial charge in [0.2, 0.25) is 5.91 Å². The van der Waals surface area contributed by atoms with Gasteiger partial charge in [-0.15, -0.1) is 5.10 Å². The summed E-state index contributed by atoms with van der Waals surface area (Å²) in [7, 11) is 0. The van der Waals surface area contributed by atoms with Gasteiger partial charge in [0.25, 0.3) is 0 Å². The average Bonchev–Trinajstić information content (AvgIpc) is 3.22. The smallest absolute Gasteiger partial charge is 0.344 e. The third-order valence-corrected chi connectivity index (χ3v) is 5.28. The van der Waals surface area contributed by atoms with Gasteiger partial charge in [-0.2, -0.15) is 0 Å². The first-order valence-electron chi connectivity index (χ1n) is 8.34. The van der Waals surface area contributed by atoms with Gasteiger partial charge in [-0.3, -0.25) is 9.36 Å². The molecule has 2 N–H and O–H groups in total.